The molecule has 1 heterocycles. The maximum absolute atomic E-state index is 12.6. The Morgan fingerprint density at radius 1 is 0.903 bits per heavy atom. The molecule has 0 saturated carbocycles. The molecule has 1 aliphatic heterocycles. The van der Waals surface area contributed by atoms with Crippen LogP contribution >= 0.6 is 0 Å². The zero-order valence-corrected chi connectivity index (χ0v) is 18.6. The van der Waals surface area contributed by atoms with E-state index in [1.807, 2.05) is 61.2 Å². The van der Waals surface area contributed by atoms with Gasteiger partial charge in [-0.05, 0) is 30.2 Å². The van der Waals surface area contributed by atoms with Crippen molar-refractivity contribution in [1.29, 1.82) is 0 Å². The van der Waals surface area contributed by atoms with E-state index < -0.39 is 0 Å². The Bertz CT molecular complexity index is 931. The summed E-state index contributed by atoms with van der Waals surface area (Å²) in [6.45, 7) is 8.32. The molecule has 3 amide bonds. The average molecular weight is 422 g/mol. The third-order valence-corrected chi connectivity index (χ3v) is 5.71. The van der Waals surface area contributed by atoms with Gasteiger partial charge in [-0.25, -0.2) is 0 Å². The number of benzene rings is 2. The van der Waals surface area contributed by atoms with Crippen molar-refractivity contribution in [2.24, 2.45) is 0 Å². The summed E-state index contributed by atoms with van der Waals surface area (Å²) >= 11 is 0. The number of nitrogens with zero attached hydrogens (tertiary/aromatic N) is 3. The number of hydrogen-bond acceptors (Lipinski definition) is 3. The number of piperazine rings is 1. The Hall–Kier alpha value is -3.15. The van der Waals surface area contributed by atoms with Crippen molar-refractivity contribution in [1.82, 2.24) is 9.80 Å². The number of amides is 3. The van der Waals surface area contributed by atoms with Gasteiger partial charge in [-0.3, -0.25) is 14.4 Å². The fourth-order valence-corrected chi connectivity index (χ4v) is 3.86. The van der Waals surface area contributed by atoms with E-state index in [2.05, 4.69) is 6.07 Å². The normalized spacial score (nSPS) is 13.8. The third kappa shape index (κ3) is 5.94. The molecule has 0 atom stereocenters. The van der Waals surface area contributed by atoms with Crippen molar-refractivity contribution in [2.75, 3.05) is 31.1 Å². The summed E-state index contributed by atoms with van der Waals surface area (Å²) in [6, 6.07) is 15.8. The minimum Gasteiger partial charge on any atom is -0.339 e. The molecule has 31 heavy (non-hydrogen) atoms. The molecule has 0 bridgehead atoms. The highest BCUT2D eigenvalue weighted by molar-refractivity contribution is 5.93. The van der Waals surface area contributed by atoms with Gasteiger partial charge in [0.1, 0.15) is 0 Å². The van der Waals surface area contributed by atoms with Crippen molar-refractivity contribution < 1.29 is 14.4 Å². The standard InChI is InChI=1S/C25H31N3O3/c1-4-24(30)28(18-22-7-5-6-19(2)16-22)23-10-8-21(9-11-23)17-25(31)27-14-12-26(13-15-27)20(3)29/h5-11,16H,4,12-15,17-18H2,1-3H3. The molecule has 1 fully saturated rings. The van der Waals surface area contributed by atoms with Crippen LogP contribution in [-0.4, -0.2) is 53.7 Å². The molecule has 0 unspecified atom stereocenters. The number of hydrogen-bond donors (Lipinski definition) is 0. The number of carbonyl (C=O) groups excluding carboxylic acids is 3. The molecule has 6 nitrogen and oxygen atoms in total. The van der Waals surface area contributed by atoms with Gasteiger partial charge in [-0.1, -0.05) is 48.9 Å². The van der Waals surface area contributed by atoms with Crippen LogP contribution in [0.25, 0.3) is 0 Å². The predicted molar refractivity (Wildman–Crippen MR) is 122 cm³/mol. The molecule has 2 aromatic rings. The van der Waals surface area contributed by atoms with E-state index in [9.17, 15) is 14.4 Å². The fourth-order valence-electron chi connectivity index (χ4n) is 3.86. The summed E-state index contributed by atoms with van der Waals surface area (Å²) in [4.78, 5) is 42.1. The highest BCUT2D eigenvalue weighted by atomic mass is 16.2. The van der Waals surface area contributed by atoms with E-state index >= 15 is 0 Å². The summed E-state index contributed by atoms with van der Waals surface area (Å²) in [5.74, 6) is 0.186. The van der Waals surface area contributed by atoms with Crippen LogP contribution in [0.3, 0.4) is 0 Å². The lowest BCUT2D eigenvalue weighted by Crippen LogP contribution is -2.50. The first-order chi connectivity index (χ1) is 14.9. The van der Waals surface area contributed by atoms with Crippen molar-refractivity contribution in [2.45, 2.75) is 40.2 Å². The van der Waals surface area contributed by atoms with Gasteiger partial charge in [-0.15, -0.1) is 0 Å². The first-order valence-corrected chi connectivity index (χ1v) is 10.9. The molecule has 0 aliphatic carbocycles. The van der Waals surface area contributed by atoms with Gasteiger partial charge in [0.2, 0.25) is 17.7 Å². The van der Waals surface area contributed by atoms with Crippen LogP contribution in [0.5, 0.6) is 0 Å². The Balaban J connectivity index is 1.65. The molecule has 2 aromatic carbocycles. The molecule has 1 aliphatic rings. The third-order valence-electron chi connectivity index (χ3n) is 5.71. The highest BCUT2D eigenvalue weighted by Gasteiger charge is 2.22. The molecule has 1 saturated heterocycles. The second kappa shape index (κ2) is 10.2. The predicted octanol–water partition coefficient (Wildman–Crippen LogP) is 3.17. The van der Waals surface area contributed by atoms with Gasteiger partial charge < -0.3 is 14.7 Å². The van der Waals surface area contributed by atoms with Crippen LogP contribution in [0, 0.1) is 6.92 Å². The summed E-state index contributed by atoms with van der Waals surface area (Å²) in [6.07, 6.45) is 0.748. The summed E-state index contributed by atoms with van der Waals surface area (Å²) in [7, 11) is 0. The number of anilines is 1. The minimum atomic E-state index is 0.0551. The van der Waals surface area contributed by atoms with E-state index in [1.54, 1.807) is 16.7 Å². The summed E-state index contributed by atoms with van der Waals surface area (Å²) in [5, 5.41) is 0. The Labute approximate surface area is 184 Å². The SMILES string of the molecule is CCC(=O)N(Cc1cccc(C)c1)c1ccc(CC(=O)N2CCN(C(C)=O)CC2)cc1. The lowest BCUT2D eigenvalue weighted by molar-refractivity contribution is -0.138. The molecular weight excluding hydrogens is 390 g/mol. The second-order valence-corrected chi connectivity index (χ2v) is 8.05. The van der Waals surface area contributed by atoms with E-state index in [1.165, 1.54) is 5.56 Å². The molecule has 3 rings (SSSR count). The Kier molecular flexibility index (Phi) is 7.45. The summed E-state index contributed by atoms with van der Waals surface area (Å²) < 4.78 is 0. The van der Waals surface area contributed by atoms with Crippen LogP contribution in [0.2, 0.25) is 0 Å². The first-order valence-electron chi connectivity index (χ1n) is 10.9. The average Bonchev–Trinajstić information content (AvgIpc) is 2.77. The van der Waals surface area contributed by atoms with Gasteiger partial charge in [-0.2, -0.15) is 0 Å². The van der Waals surface area contributed by atoms with Crippen LogP contribution in [0.1, 0.15) is 37.0 Å². The smallest absolute Gasteiger partial charge is 0.227 e. The maximum Gasteiger partial charge on any atom is 0.227 e. The molecule has 164 valence electrons. The van der Waals surface area contributed by atoms with E-state index in [0.717, 1.165) is 16.8 Å². The number of carbonyl (C=O) groups is 3. The maximum atomic E-state index is 12.6. The lowest BCUT2D eigenvalue weighted by atomic mass is 10.1. The molecule has 0 N–H and O–H groups in total. The van der Waals surface area contributed by atoms with Crippen LogP contribution in [0.4, 0.5) is 5.69 Å². The van der Waals surface area contributed by atoms with Crippen LogP contribution in [0.15, 0.2) is 48.5 Å². The quantitative estimate of drug-likeness (QED) is 0.720. The molecule has 0 radical (unpaired) electrons. The van der Waals surface area contributed by atoms with Crippen molar-refractivity contribution in [3.05, 3.63) is 65.2 Å². The zero-order chi connectivity index (χ0) is 22.4. The summed E-state index contributed by atoms with van der Waals surface area (Å²) in [5.41, 5.74) is 4.01. The Morgan fingerprint density at radius 3 is 2.13 bits per heavy atom. The number of aryl methyl sites for hydroxylation is 1. The monoisotopic (exact) mass is 421 g/mol. The van der Waals surface area contributed by atoms with Crippen molar-refractivity contribution in [3.8, 4) is 0 Å². The Morgan fingerprint density at radius 2 is 1.55 bits per heavy atom. The minimum absolute atomic E-state index is 0.0551. The van der Waals surface area contributed by atoms with Crippen molar-refractivity contribution in [3.63, 3.8) is 0 Å². The topological polar surface area (TPSA) is 60.9 Å². The van der Waals surface area contributed by atoms with Gasteiger partial charge in [0, 0.05) is 45.2 Å². The van der Waals surface area contributed by atoms with Gasteiger partial charge in [0.25, 0.3) is 0 Å². The van der Waals surface area contributed by atoms with E-state index in [-0.39, 0.29) is 17.7 Å². The van der Waals surface area contributed by atoms with Gasteiger partial charge in [0.05, 0.1) is 13.0 Å². The zero-order valence-electron chi connectivity index (χ0n) is 18.6. The molecule has 0 spiro atoms. The van der Waals surface area contributed by atoms with Gasteiger partial charge >= 0.3 is 0 Å². The lowest BCUT2D eigenvalue weighted by Gasteiger charge is -2.34. The first kappa shape index (κ1) is 22.5. The van der Waals surface area contributed by atoms with Crippen LogP contribution < -0.4 is 4.90 Å². The van der Waals surface area contributed by atoms with Gasteiger partial charge in [0.15, 0.2) is 0 Å². The highest BCUT2D eigenvalue weighted by Crippen LogP contribution is 2.20. The molecular formula is C25H31N3O3. The second-order valence-electron chi connectivity index (χ2n) is 8.05. The largest absolute Gasteiger partial charge is 0.339 e. The van der Waals surface area contributed by atoms with Crippen LogP contribution in [-0.2, 0) is 27.3 Å². The molecule has 0 aromatic heterocycles. The van der Waals surface area contributed by atoms with Crippen molar-refractivity contribution >= 4 is 23.4 Å². The fraction of sp³-hybridized carbons (Fsp3) is 0.400. The number of rotatable bonds is 6. The van der Waals surface area contributed by atoms with E-state index in [0.29, 0.717) is 45.6 Å². The molecule has 6 heteroatoms. The van der Waals surface area contributed by atoms with E-state index in [4.69, 9.17) is 0 Å².